The molecule has 1 aromatic rings. The maximum atomic E-state index is 5.46. The van der Waals surface area contributed by atoms with Crippen molar-refractivity contribution in [1.82, 2.24) is 10.2 Å². The van der Waals surface area contributed by atoms with Gasteiger partial charge in [0, 0.05) is 37.3 Å². The Morgan fingerprint density at radius 2 is 2.17 bits per heavy atom. The van der Waals surface area contributed by atoms with E-state index in [0.29, 0.717) is 12.1 Å². The third-order valence-electron chi connectivity index (χ3n) is 3.70. The van der Waals surface area contributed by atoms with Gasteiger partial charge in [-0.05, 0) is 26.8 Å². The summed E-state index contributed by atoms with van der Waals surface area (Å²) in [7, 11) is 1.75. The van der Waals surface area contributed by atoms with Crippen LogP contribution in [-0.4, -0.2) is 37.2 Å². The third kappa shape index (κ3) is 3.03. The van der Waals surface area contributed by atoms with Crippen molar-refractivity contribution in [1.29, 1.82) is 0 Å². The zero-order valence-corrected chi connectivity index (χ0v) is 11.9. The number of nitrogens with one attached hydrogen (secondary N) is 1. The van der Waals surface area contributed by atoms with Crippen molar-refractivity contribution >= 4 is 0 Å². The van der Waals surface area contributed by atoms with Crippen LogP contribution in [-0.2, 0) is 6.54 Å². The molecule has 1 aliphatic rings. The van der Waals surface area contributed by atoms with Crippen molar-refractivity contribution in [2.24, 2.45) is 0 Å². The lowest BCUT2D eigenvalue weighted by atomic mass is 10.1. The molecule has 1 aromatic carbocycles. The Hall–Kier alpha value is -1.06. The predicted octanol–water partition coefficient (Wildman–Crippen LogP) is 2.19. The minimum Gasteiger partial charge on any atom is -0.496 e. The molecule has 3 heteroatoms. The van der Waals surface area contributed by atoms with Gasteiger partial charge in [-0.15, -0.1) is 0 Å². The second-order valence-corrected chi connectivity index (χ2v) is 5.40. The summed E-state index contributed by atoms with van der Waals surface area (Å²) in [6, 6.07) is 7.55. The Balaban J connectivity index is 2.14. The van der Waals surface area contributed by atoms with Crippen LogP contribution in [0.1, 0.15) is 25.0 Å². The SMILES string of the molecule is COc1ccc(C)cc1CN1CC(C)NCC1C. The van der Waals surface area contributed by atoms with E-state index in [1.165, 1.54) is 11.1 Å². The second-order valence-electron chi connectivity index (χ2n) is 5.40. The Labute approximate surface area is 110 Å². The van der Waals surface area contributed by atoms with E-state index in [1.807, 2.05) is 0 Å². The standard InChI is InChI=1S/C15H24N2O/c1-11-5-6-15(18-4)14(7-11)10-17-9-12(2)16-8-13(17)3/h5-7,12-13,16H,8-10H2,1-4H3. The Morgan fingerprint density at radius 3 is 2.89 bits per heavy atom. The van der Waals surface area contributed by atoms with Gasteiger partial charge in [-0.25, -0.2) is 0 Å². The van der Waals surface area contributed by atoms with Gasteiger partial charge in [-0.3, -0.25) is 4.90 Å². The van der Waals surface area contributed by atoms with E-state index in [0.717, 1.165) is 25.4 Å². The van der Waals surface area contributed by atoms with Gasteiger partial charge in [0.05, 0.1) is 7.11 Å². The number of methoxy groups -OCH3 is 1. The lowest BCUT2D eigenvalue weighted by molar-refractivity contribution is 0.137. The predicted molar refractivity (Wildman–Crippen MR) is 75.1 cm³/mol. The van der Waals surface area contributed by atoms with Crippen LogP contribution in [0.15, 0.2) is 18.2 Å². The first-order chi connectivity index (χ1) is 8.60. The summed E-state index contributed by atoms with van der Waals surface area (Å²) in [5, 5.41) is 3.51. The molecule has 0 aliphatic carbocycles. The van der Waals surface area contributed by atoms with Crippen LogP contribution < -0.4 is 10.1 Å². The van der Waals surface area contributed by atoms with Crippen LogP contribution in [0.2, 0.25) is 0 Å². The van der Waals surface area contributed by atoms with Gasteiger partial charge in [-0.2, -0.15) is 0 Å². The van der Waals surface area contributed by atoms with E-state index < -0.39 is 0 Å². The van der Waals surface area contributed by atoms with Crippen molar-refractivity contribution in [3.63, 3.8) is 0 Å². The molecular formula is C15H24N2O. The molecule has 0 saturated carbocycles. The molecule has 1 heterocycles. The molecule has 3 nitrogen and oxygen atoms in total. The zero-order valence-electron chi connectivity index (χ0n) is 11.9. The molecule has 2 unspecified atom stereocenters. The van der Waals surface area contributed by atoms with E-state index in [-0.39, 0.29) is 0 Å². The van der Waals surface area contributed by atoms with E-state index in [1.54, 1.807) is 7.11 Å². The first-order valence-corrected chi connectivity index (χ1v) is 6.71. The summed E-state index contributed by atoms with van der Waals surface area (Å²) in [5.41, 5.74) is 2.58. The molecule has 1 aliphatic heterocycles. The molecule has 2 atom stereocenters. The maximum Gasteiger partial charge on any atom is 0.123 e. The number of hydrogen-bond donors (Lipinski definition) is 1. The van der Waals surface area contributed by atoms with Crippen LogP contribution in [0.25, 0.3) is 0 Å². The number of aryl methyl sites for hydroxylation is 1. The molecule has 0 aromatic heterocycles. The highest BCUT2D eigenvalue weighted by Crippen LogP contribution is 2.23. The molecule has 0 spiro atoms. The van der Waals surface area contributed by atoms with Gasteiger partial charge in [0.15, 0.2) is 0 Å². The fourth-order valence-corrected chi connectivity index (χ4v) is 2.57. The zero-order chi connectivity index (χ0) is 13.1. The maximum absolute atomic E-state index is 5.46. The summed E-state index contributed by atoms with van der Waals surface area (Å²) in [4.78, 5) is 2.53. The molecule has 1 saturated heterocycles. The smallest absolute Gasteiger partial charge is 0.123 e. The third-order valence-corrected chi connectivity index (χ3v) is 3.70. The van der Waals surface area contributed by atoms with E-state index in [4.69, 9.17) is 4.74 Å². The number of hydrogen-bond acceptors (Lipinski definition) is 3. The fraction of sp³-hybridized carbons (Fsp3) is 0.600. The average Bonchev–Trinajstić information content (AvgIpc) is 2.34. The molecule has 1 N–H and O–H groups in total. The highest BCUT2D eigenvalue weighted by atomic mass is 16.5. The average molecular weight is 248 g/mol. The molecule has 0 amide bonds. The van der Waals surface area contributed by atoms with Crippen molar-refractivity contribution < 1.29 is 4.74 Å². The molecular weight excluding hydrogens is 224 g/mol. The second kappa shape index (κ2) is 5.72. The monoisotopic (exact) mass is 248 g/mol. The van der Waals surface area contributed by atoms with Crippen LogP contribution >= 0.6 is 0 Å². The van der Waals surface area contributed by atoms with Crippen LogP contribution in [0, 0.1) is 6.92 Å². The molecule has 0 bridgehead atoms. The Morgan fingerprint density at radius 1 is 1.39 bits per heavy atom. The van der Waals surface area contributed by atoms with Gasteiger partial charge in [0.2, 0.25) is 0 Å². The molecule has 2 rings (SSSR count). The quantitative estimate of drug-likeness (QED) is 0.887. The lowest BCUT2D eigenvalue weighted by Crippen LogP contribution is -2.53. The van der Waals surface area contributed by atoms with Crippen molar-refractivity contribution in [2.75, 3.05) is 20.2 Å². The normalized spacial score (nSPS) is 25.1. The molecule has 18 heavy (non-hydrogen) atoms. The van der Waals surface area contributed by atoms with E-state index in [9.17, 15) is 0 Å². The first kappa shape index (κ1) is 13.4. The van der Waals surface area contributed by atoms with Gasteiger partial charge in [0.1, 0.15) is 5.75 Å². The summed E-state index contributed by atoms with van der Waals surface area (Å²) >= 11 is 0. The first-order valence-electron chi connectivity index (χ1n) is 6.71. The van der Waals surface area contributed by atoms with Crippen LogP contribution in [0.3, 0.4) is 0 Å². The van der Waals surface area contributed by atoms with Crippen molar-refractivity contribution in [3.8, 4) is 5.75 Å². The number of nitrogens with zero attached hydrogens (tertiary/aromatic N) is 1. The highest BCUT2D eigenvalue weighted by molar-refractivity contribution is 5.36. The number of rotatable bonds is 3. The molecule has 100 valence electrons. The van der Waals surface area contributed by atoms with Crippen LogP contribution in [0.4, 0.5) is 0 Å². The topological polar surface area (TPSA) is 24.5 Å². The Bertz CT molecular complexity index is 405. The summed E-state index contributed by atoms with van der Waals surface area (Å²) in [6.45, 7) is 9.78. The number of piperazine rings is 1. The summed E-state index contributed by atoms with van der Waals surface area (Å²) < 4.78 is 5.46. The van der Waals surface area contributed by atoms with Gasteiger partial charge >= 0.3 is 0 Å². The molecule has 1 fully saturated rings. The number of ether oxygens (including phenoxy) is 1. The largest absolute Gasteiger partial charge is 0.496 e. The van der Waals surface area contributed by atoms with Crippen LogP contribution in [0.5, 0.6) is 5.75 Å². The lowest BCUT2D eigenvalue weighted by Gasteiger charge is -2.37. The minimum absolute atomic E-state index is 0.567. The van der Waals surface area contributed by atoms with E-state index >= 15 is 0 Å². The van der Waals surface area contributed by atoms with Gasteiger partial charge in [-0.1, -0.05) is 17.7 Å². The minimum atomic E-state index is 0.567. The Kier molecular flexibility index (Phi) is 4.25. The van der Waals surface area contributed by atoms with Crippen molar-refractivity contribution in [2.45, 2.75) is 39.4 Å². The fourth-order valence-electron chi connectivity index (χ4n) is 2.57. The molecule has 0 radical (unpaired) electrons. The summed E-state index contributed by atoms with van der Waals surface area (Å²) in [5.74, 6) is 0.999. The number of benzene rings is 1. The van der Waals surface area contributed by atoms with Gasteiger partial charge in [0.25, 0.3) is 0 Å². The van der Waals surface area contributed by atoms with E-state index in [2.05, 4.69) is 49.2 Å². The highest BCUT2D eigenvalue weighted by Gasteiger charge is 2.23. The summed E-state index contributed by atoms with van der Waals surface area (Å²) in [6.07, 6.45) is 0. The van der Waals surface area contributed by atoms with Crippen molar-refractivity contribution in [3.05, 3.63) is 29.3 Å². The van der Waals surface area contributed by atoms with Gasteiger partial charge < -0.3 is 10.1 Å².